The highest BCUT2D eigenvalue weighted by Crippen LogP contribution is 2.42. The van der Waals surface area contributed by atoms with Gasteiger partial charge < -0.3 is 14.6 Å². The van der Waals surface area contributed by atoms with Crippen molar-refractivity contribution in [3.05, 3.63) is 71.2 Å². The van der Waals surface area contributed by atoms with Gasteiger partial charge in [-0.3, -0.25) is 4.79 Å². The average molecular weight is 453 g/mol. The van der Waals surface area contributed by atoms with Crippen LogP contribution in [0.4, 0.5) is 0 Å². The van der Waals surface area contributed by atoms with Crippen molar-refractivity contribution in [1.29, 1.82) is 0 Å². The summed E-state index contributed by atoms with van der Waals surface area (Å²) in [6.45, 7) is 1.09. The first-order valence-electron chi connectivity index (χ1n) is 9.82. The maximum Gasteiger partial charge on any atom is 0.261 e. The van der Waals surface area contributed by atoms with E-state index in [1.165, 1.54) is 11.3 Å². The van der Waals surface area contributed by atoms with Gasteiger partial charge in [0, 0.05) is 40.6 Å². The average Bonchev–Trinajstić information content (AvgIpc) is 3.37. The summed E-state index contributed by atoms with van der Waals surface area (Å²) in [7, 11) is -1.73. The minimum atomic E-state index is -3.38. The van der Waals surface area contributed by atoms with E-state index in [1.54, 1.807) is 31.4 Å². The summed E-state index contributed by atoms with van der Waals surface area (Å²) < 4.78 is 32.5. The highest BCUT2D eigenvalue weighted by atomic mass is 32.2. The summed E-state index contributed by atoms with van der Waals surface area (Å²) in [5.41, 5.74) is 2.45. The minimum absolute atomic E-state index is 0.0675. The molecule has 1 aliphatic rings. The number of benzene rings is 2. The largest absolute Gasteiger partial charge is 0.497 e. The Balaban J connectivity index is 1.31. The van der Waals surface area contributed by atoms with Gasteiger partial charge in [0.2, 0.25) is 0 Å². The van der Waals surface area contributed by atoms with Crippen LogP contribution in [-0.4, -0.2) is 32.5 Å². The molecule has 2 aromatic carbocycles. The number of aromatic nitrogens is 1. The fourth-order valence-electron chi connectivity index (χ4n) is 3.96. The van der Waals surface area contributed by atoms with E-state index in [2.05, 4.69) is 9.88 Å². The first-order chi connectivity index (χ1) is 15.0. The number of carbonyl (C=O) groups excluding carboxylic acids is 1. The lowest BCUT2D eigenvalue weighted by molar-refractivity contribution is 0.0956. The number of methoxy groups -OCH3 is 1. The molecule has 0 fully saturated rings. The molecule has 158 valence electrons. The number of ether oxygens (including phenoxy) is 1. The zero-order valence-electron chi connectivity index (χ0n) is 16.8. The van der Waals surface area contributed by atoms with E-state index < -0.39 is 9.84 Å². The zero-order chi connectivity index (χ0) is 21.6. The number of hydrogen-bond acceptors (Lipinski definition) is 5. The monoisotopic (exact) mass is 452 g/mol. The lowest BCUT2D eigenvalue weighted by Crippen LogP contribution is -2.26. The maximum atomic E-state index is 12.7. The molecule has 2 aromatic heterocycles. The van der Waals surface area contributed by atoms with E-state index in [0.717, 1.165) is 21.5 Å². The van der Waals surface area contributed by atoms with Gasteiger partial charge in [0.15, 0.2) is 9.84 Å². The van der Waals surface area contributed by atoms with Crippen LogP contribution in [0.15, 0.2) is 65.7 Å². The standard InChI is InChI=1S/C23H20N2O4S2/c1-29-17-6-7-19-15(12-17)8-10-25(19)11-9-24-23(26)20-13-16-14-31(27,28)21-5-3-2-4-18(21)22(16)30-20/h2-8,10,12-13H,9,11,14H2,1H3,(H,24,26). The molecule has 6 nitrogen and oxygen atoms in total. The number of nitrogens with one attached hydrogen (secondary N) is 1. The van der Waals surface area contributed by atoms with Crippen LogP contribution in [0.25, 0.3) is 21.3 Å². The van der Waals surface area contributed by atoms with Crippen molar-refractivity contribution < 1.29 is 17.9 Å². The van der Waals surface area contributed by atoms with Gasteiger partial charge >= 0.3 is 0 Å². The first kappa shape index (κ1) is 19.8. The number of hydrogen-bond donors (Lipinski definition) is 1. The van der Waals surface area contributed by atoms with Crippen LogP contribution in [0.1, 0.15) is 15.2 Å². The molecule has 8 heteroatoms. The molecular formula is C23H20N2O4S2. The first-order valence-corrected chi connectivity index (χ1v) is 12.3. The SMILES string of the molecule is COc1ccc2c(ccn2CCNC(=O)c2cc3c(s2)-c2ccccc2S(=O)(=O)C3)c1. The van der Waals surface area contributed by atoms with Crippen molar-refractivity contribution in [2.24, 2.45) is 0 Å². The molecule has 5 rings (SSSR count). The van der Waals surface area contributed by atoms with Gasteiger partial charge in [-0.2, -0.15) is 0 Å². The number of carbonyl (C=O) groups is 1. The second kappa shape index (κ2) is 7.55. The molecular weight excluding hydrogens is 432 g/mol. The van der Waals surface area contributed by atoms with Gasteiger partial charge in [0.25, 0.3) is 5.91 Å². The zero-order valence-corrected chi connectivity index (χ0v) is 18.4. The van der Waals surface area contributed by atoms with Gasteiger partial charge in [-0.1, -0.05) is 18.2 Å². The van der Waals surface area contributed by atoms with Crippen LogP contribution in [0, 0.1) is 0 Å². The highest BCUT2D eigenvalue weighted by Gasteiger charge is 2.30. The lowest BCUT2D eigenvalue weighted by Gasteiger charge is -2.15. The normalized spacial score (nSPS) is 14.1. The Morgan fingerprint density at radius 1 is 1.16 bits per heavy atom. The molecule has 0 radical (unpaired) electrons. The number of amides is 1. The molecule has 0 spiro atoms. The summed E-state index contributed by atoms with van der Waals surface area (Å²) in [5, 5.41) is 4.03. The molecule has 0 saturated carbocycles. The van der Waals surface area contributed by atoms with E-state index >= 15 is 0 Å². The Bertz CT molecular complexity index is 1420. The molecule has 0 unspecified atom stereocenters. The third kappa shape index (κ3) is 3.51. The molecule has 4 aromatic rings. The molecule has 0 bridgehead atoms. The number of fused-ring (bicyclic) bond motifs is 4. The molecule has 31 heavy (non-hydrogen) atoms. The van der Waals surface area contributed by atoms with E-state index in [4.69, 9.17) is 4.74 Å². The number of sulfone groups is 1. The molecule has 1 aliphatic heterocycles. The predicted molar refractivity (Wildman–Crippen MR) is 121 cm³/mol. The summed E-state index contributed by atoms with van der Waals surface area (Å²) in [6, 6.07) is 16.6. The van der Waals surface area contributed by atoms with Gasteiger partial charge in [-0.15, -0.1) is 11.3 Å². The Morgan fingerprint density at radius 3 is 2.84 bits per heavy atom. The molecule has 1 N–H and O–H groups in total. The van der Waals surface area contributed by atoms with Crippen molar-refractivity contribution in [3.63, 3.8) is 0 Å². The van der Waals surface area contributed by atoms with Gasteiger partial charge in [0.1, 0.15) is 5.75 Å². The van der Waals surface area contributed by atoms with E-state index in [0.29, 0.717) is 34.0 Å². The van der Waals surface area contributed by atoms with Gasteiger partial charge in [-0.25, -0.2) is 8.42 Å². The second-order valence-corrected chi connectivity index (χ2v) is 10.4. The number of nitrogens with zero attached hydrogens (tertiary/aromatic N) is 1. The van der Waals surface area contributed by atoms with E-state index in [9.17, 15) is 13.2 Å². The van der Waals surface area contributed by atoms with Crippen molar-refractivity contribution in [2.45, 2.75) is 17.2 Å². The van der Waals surface area contributed by atoms with Crippen LogP contribution in [0.5, 0.6) is 5.75 Å². The van der Waals surface area contributed by atoms with Crippen molar-refractivity contribution in [1.82, 2.24) is 9.88 Å². The van der Waals surface area contributed by atoms with E-state index in [-0.39, 0.29) is 11.7 Å². The van der Waals surface area contributed by atoms with Crippen molar-refractivity contribution in [2.75, 3.05) is 13.7 Å². The van der Waals surface area contributed by atoms with Crippen LogP contribution >= 0.6 is 11.3 Å². The molecule has 3 heterocycles. The van der Waals surface area contributed by atoms with Crippen LogP contribution in [-0.2, 0) is 22.1 Å². The Morgan fingerprint density at radius 2 is 2.00 bits per heavy atom. The number of thiophene rings is 1. The van der Waals surface area contributed by atoms with Crippen LogP contribution < -0.4 is 10.1 Å². The maximum absolute atomic E-state index is 12.7. The highest BCUT2D eigenvalue weighted by molar-refractivity contribution is 7.91. The summed E-state index contributed by atoms with van der Waals surface area (Å²) in [5.74, 6) is 0.554. The summed E-state index contributed by atoms with van der Waals surface area (Å²) in [6.07, 6.45) is 1.99. The fourth-order valence-corrected chi connectivity index (χ4v) is 6.84. The third-order valence-corrected chi connectivity index (χ3v) is 8.39. The number of rotatable bonds is 5. The minimum Gasteiger partial charge on any atom is -0.497 e. The molecule has 1 amide bonds. The quantitative estimate of drug-likeness (QED) is 0.495. The topological polar surface area (TPSA) is 77.4 Å². The smallest absolute Gasteiger partial charge is 0.261 e. The van der Waals surface area contributed by atoms with Crippen molar-refractivity contribution >= 4 is 38.0 Å². The Hall–Kier alpha value is -3.10. The molecule has 0 aliphatic carbocycles. The summed E-state index contributed by atoms with van der Waals surface area (Å²) in [4.78, 5) is 14.5. The fraction of sp³-hybridized carbons (Fsp3) is 0.174. The van der Waals surface area contributed by atoms with Gasteiger partial charge in [-0.05, 0) is 42.0 Å². The third-order valence-electron chi connectivity index (χ3n) is 5.46. The molecule has 0 atom stereocenters. The lowest BCUT2D eigenvalue weighted by atomic mass is 10.1. The summed E-state index contributed by atoms with van der Waals surface area (Å²) >= 11 is 1.34. The van der Waals surface area contributed by atoms with Gasteiger partial charge in [0.05, 0.1) is 22.6 Å². The van der Waals surface area contributed by atoms with Crippen LogP contribution in [0.3, 0.4) is 0 Å². The van der Waals surface area contributed by atoms with Crippen molar-refractivity contribution in [3.8, 4) is 16.2 Å². The Labute approximate surface area is 184 Å². The molecule has 0 saturated heterocycles. The predicted octanol–water partition coefficient (Wildman–Crippen LogP) is 4.10. The Kier molecular flexibility index (Phi) is 4.83. The van der Waals surface area contributed by atoms with E-state index in [1.807, 2.05) is 36.5 Å². The van der Waals surface area contributed by atoms with Crippen LogP contribution in [0.2, 0.25) is 0 Å². The second-order valence-electron chi connectivity index (χ2n) is 7.41.